The van der Waals surface area contributed by atoms with E-state index in [4.69, 9.17) is 0 Å². The van der Waals surface area contributed by atoms with Gasteiger partial charge >= 0.3 is 0 Å². The molecule has 0 radical (unpaired) electrons. The standard InChI is InChI=1S/C19H25N3OS/c1-16-9-7-8-10-17(16)15-22(3)19(20-2)21-13-14-24(23)18-11-5-4-6-12-18/h4-12H,13-15H2,1-3H3,(H,20,21). The Morgan fingerprint density at radius 1 is 1.12 bits per heavy atom. The zero-order chi connectivity index (χ0) is 17.4. The lowest BCUT2D eigenvalue weighted by Crippen LogP contribution is -2.40. The molecule has 128 valence electrons. The first-order valence-electron chi connectivity index (χ1n) is 8.01. The molecule has 0 spiro atoms. The highest BCUT2D eigenvalue weighted by Gasteiger charge is 2.09. The van der Waals surface area contributed by atoms with Crippen LogP contribution in [0.4, 0.5) is 0 Å². The van der Waals surface area contributed by atoms with Gasteiger partial charge in [-0.2, -0.15) is 0 Å². The SMILES string of the molecule is CN=C(NCCS(=O)c1ccccc1)N(C)Cc1ccccc1C. The predicted octanol–water partition coefficient (Wildman–Crippen LogP) is 2.81. The first-order chi connectivity index (χ1) is 11.6. The van der Waals surface area contributed by atoms with E-state index in [1.54, 1.807) is 7.05 Å². The number of aliphatic imine (C=N–C) groups is 1. The summed E-state index contributed by atoms with van der Waals surface area (Å²) < 4.78 is 12.2. The number of aryl methyl sites for hydroxylation is 1. The van der Waals surface area contributed by atoms with Gasteiger partial charge in [0.1, 0.15) is 0 Å². The fourth-order valence-electron chi connectivity index (χ4n) is 2.45. The van der Waals surface area contributed by atoms with Gasteiger partial charge in [0.15, 0.2) is 5.96 Å². The lowest BCUT2D eigenvalue weighted by molar-refractivity contribution is 0.478. The number of hydrogen-bond donors (Lipinski definition) is 1. The van der Waals surface area contributed by atoms with Gasteiger partial charge in [-0.3, -0.25) is 9.20 Å². The zero-order valence-corrected chi connectivity index (χ0v) is 15.3. The van der Waals surface area contributed by atoms with Crippen LogP contribution in [0.2, 0.25) is 0 Å². The van der Waals surface area contributed by atoms with Gasteiger partial charge in [0.05, 0.1) is 10.8 Å². The number of benzene rings is 2. The minimum absolute atomic E-state index is 0.557. The summed E-state index contributed by atoms with van der Waals surface area (Å²) in [7, 11) is 2.79. The van der Waals surface area contributed by atoms with Crippen molar-refractivity contribution in [2.45, 2.75) is 18.4 Å². The average molecular weight is 343 g/mol. The quantitative estimate of drug-likeness (QED) is 0.648. The average Bonchev–Trinajstić information content (AvgIpc) is 2.61. The lowest BCUT2D eigenvalue weighted by atomic mass is 10.1. The lowest BCUT2D eigenvalue weighted by Gasteiger charge is -2.23. The number of hydrogen-bond acceptors (Lipinski definition) is 2. The minimum atomic E-state index is -0.993. The summed E-state index contributed by atoms with van der Waals surface area (Å²) >= 11 is 0. The van der Waals surface area contributed by atoms with Gasteiger partial charge in [-0.1, -0.05) is 42.5 Å². The van der Waals surface area contributed by atoms with Gasteiger partial charge in [-0.05, 0) is 30.2 Å². The van der Waals surface area contributed by atoms with E-state index in [0.717, 1.165) is 17.4 Å². The summed E-state index contributed by atoms with van der Waals surface area (Å²) in [5.74, 6) is 1.37. The third-order valence-corrected chi connectivity index (χ3v) is 5.19. The van der Waals surface area contributed by atoms with Crippen LogP contribution >= 0.6 is 0 Å². The monoisotopic (exact) mass is 343 g/mol. The molecule has 0 aliphatic carbocycles. The van der Waals surface area contributed by atoms with E-state index < -0.39 is 10.8 Å². The van der Waals surface area contributed by atoms with E-state index in [2.05, 4.69) is 40.3 Å². The molecule has 2 aromatic rings. The van der Waals surface area contributed by atoms with Crippen LogP contribution in [0.15, 0.2) is 64.5 Å². The largest absolute Gasteiger partial charge is 0.355 e. The molecule has 0 aliphatic rings. The summed E-state index contributed by atoms with van der Waals surface area (Å²) in [6, 6.07) is 17.9. The second-order valence-corrected chi connectivity index (χ2v) is 7.19. The van der Waals surface area contributed by atoms with E-state index >= 15 is 0 Å². The summed E-state index contributed by atoms with van der Waals surface area (Å²) in [4.78, 5) is 7.26. The Morgan fingerprint density at radius 2 is 1.79 bits per heavy atom. The van der Waals surface area contributed by atoms with Gasteiger partial charge in [0.2, 0.25) is 0 Å². The molecule has 2 aromatic carbocycles. The molecule has 1 atom stereocenters. The highest BCUT2D eigenvalue weighted by atomic mass is 32.2. The smallest absolute Gasteiger partial charge is 0.193 e. The van der Waals surface area contributed by atoms with E-state index in [-0.39, 0.29) is 0 Å². The molecular weight excluding hydrogens is 318 g/mol. The Morgan fingerprint density at radius 3 is 2.46 bits per heavy atom. The molecule has 2 rings (SSSR count). The molecule has 0 saturated carbocycles. The molecule has 1 N–H and O–H groups in total. The molecule has 4 nitrogen and oxygen atoms in total. The Balaban J connectivity index is 1.86. The van der Waals surface area contributed by atoms with Crippen LogP contribution in [-0.4, -0.2) is 41.5 Å². The van der Waals surface area contributed by atoms with Crippen molar-refractivity contribution in [3.05, 3.63) is 65.7 Å². The second kappa shape index (κ2) is 9.23. The van der Waals surface area contributed by atoms with Crippen LogP contribution in [0.1, 0.15) is 11.1 Å². The Hall–Kier alpha value is -2.14. The molecule has 0 bridgehead atoms. The molecule has 0 amide bonds. The van der Waals surface area contributed by atoms with Crippen molar-refractivity contribution in [2.75, 3.05) is 26.4 Å². The first-order valence-corrected chi connectivity index (χ1v) is 9.33. The first kappa shape index (κ1) is 18.2. The van der Waals surface area contributed by atoms with Crippen molar-refractivity contribution in [3.8, 4) is 0 Å². The summed E-state index contributed by atoms with van der Waals surface area (Å²) in [5.41, 5.74) is 2.54. The number of rotatable bonds is 6. The summed E-state index contributed by atoms with van der Waals surface area (Å²) in [6.07, 6.45) is 0. The maximum Gasteiger partial charge on any atom is 0.193 e. The molecule has 0 heterocycles. The highest BCUT2D eigenvalue weighted by molar-refractivity contribution is 7.85. The Labute approximate surface area is 147 Å². The number of guanidine groups is 1. The normalized spacial score (nSPS) is 12.7. The highest BCUT2D eigenvalue weighted by Crippen LogP contribution is 2.09. The van der Waals surface area contributed by atoms with Crippen molar-refractivity contribution in [1.29, 1.82) is 0 Å². The van der Waals surface area contributed by atoms with Crippen LogP contribution in [0.5, 0.6) is 0 Å². The van der Waals surface area contributed by atoms with Crippen molar-refractivity contribution >= 4 is 16.8 Å². The Bertz CT molecular complexity index is 701. The van der Waals surface area contributed by atoms with Gasteiger partial charge < -0.3 is 10.2 Å². The second-order valence-electron chi connectivity index (χ2n) is 5.62. The molecule has 5 heteroatoms. The maximum absolute atomic E-state index is 12.2. The van der Waals surface area contributed by atoms with Crippen molar-refractivity contribution in [3.63, 3.8) is 0 Å². The topological polar surface area (TPSA) is 44.7 Å². The summed E-state index contributed by atoms with van der Waals surface area (Å²) in [5, 5.41) is 3.29. The maximum atomic E-state index is 12.2. The number of nitrogens with zero attached hydrogens (tertiary/aromatic N) is 2. The summed E-state index contributed by atoms with van der Waals surface area (Å²) in [6.45, 7) is 3.52. The van der Waals surface area contributed by atoms with E-state index in [1.165, 1.54) is 11.1 Å². The predicted molar refractivity (Wildman–Crippen MR) is 102 cm³/mol. The van der Waals surface area contributed by atoms with Crippen LogP contribution in [-0.2, 0) is 17.3 Å². The van der Waals surface area contributed by atoms with Gasteiger partial charge in [-0.25, -0.2) is 0 Å². The van der Waals surface area contributed by atoms with Gasteiger partial charge in [0.25, 0.3) is 0 Å². The van der Waals surface area contributed by atoms with E-state index in [9.17, 15) is 4.21 Å². The number of nitrogens with one attached hydrogen (secondary N) is 1. The fourth-order valence-corrected chi connectivity index (χ4v) is 3.43. The van der Waals surface area contributed by atoms with Crippen molar-refractivity contribution in [1.82, 2.24) is 10.2 Å². The molecule has 0 fully saturated rings. The third kappa shape index (κ3) is 5.20. The van der Waals surface area contributed by atoms with Crippen LogP contribution in [0.25, 0.3) is 0 Å². The van der Waals surface area contributed by atoms with Gasteiger partial charge in [0, 0.05) is 37.8 Å². The molecule has 0 aliphatic heterocycles. The fraction of sp³-hybridized carbons (Fsp3) is 0.316. The van der Waals surface area contributed by atoms with E-state index in [1.807, 2.05) is 43.4 Å². The minimum Gasteiger partial charge on any atom is -0.355 e. The van der Waals surface area contributed by atoms with Crippen LogP contribution < -0.4 is 5.32 Å². The van der Waals surface area contributed by atoms with Gasteiger partial charge in [-0.15, -0.1) is 0 Å². The third-order valence-electron chi connectivity index (χ3n) is 3.82. The molecule has 0 saturated heterocycles. The molecule has 24 heavy (non-hydrogen) atoms. The Kier molecular flexibility index (Phi) is 7.00. The van der Waals surface area contributed by atoms with Crippen molar-refractivity contribution in [2.24, 2.45) is 4.99 Å². The van der Waals surface area contributed by atoms with E-state index in [0.29, 0.717) is 12.3 Å². The molecule has 0 aromatic heterocycles. The van der Waals surface area contributed by atoms with Crippen LogP contribution in [0, 0.1) is 6.92 Å². The molecular formula is C19H25N3OS. The van der Waals surface area contributed by atoms with Crippen molar-refractivity contribution < 1.29 is 4.21 Å². The molecule has 1 unspecified atom stereocenters. The zero-order valence-electron chi connectivity index (χ0n) is 14.5. The van der Waals surface area contributed by atoms with Crippen LogP contribution in [0.3, 0.4) is 0 Å².